The minimum atomic E-state index is -0.0883. The van der Waals surface area contributed by atoms with Gasteiger partial charge in [0.15, 0.2) is 0 Å². The highest BCUT2D eigenvalue weighted by atomic mass is 79.9. The third-order valence-corrected chi connectivity index (χ3v) is 3.89. The van der Waals surface area contributed by atoms with Gasteiger partial charge in [0.05, 0.1) is 5.56 Å². The van der Waals surface area contributed by atoms with Gasteiger partial charge in [-0.1, -0.05) is 45.8 Å². The van der Waals surface area contributed by atoms with E-state index in [1.807, 2.05) is 37.3 Å². The Kier molecular flexibility index (Phi) is 4.77. The van der Waals surface area contributed by atoms with Gasteiger partial charge in [-0.3, -0.25) is 4.79 Å². The second-order valence-electron chi connectivity index (χ2n) is 4.30. The SMILES string of the molecule is Cc1cccc(CNC(=O)c2cc(Br)ccc2Br)c1. The zero-order chi connectivity index (χ0) is 13.8. The molecule has 0 saturated heterocycles. The smallest absolute Gasteiger partial charge is 0.252 e. The molecule has 1 amide bonds. The van der Waals surface area contributed by atoms with Gasteiger partial charge in [-0.2, -0.15) is 0 Å². The fourth-order valence-corrected chi connectivity index (χ4v) is 2.56. The number of halogens is 2. The molecule has 0 bridgehead atoms. The Labute approximate surface area is 129 Å². The van der Waals surface area contributed by atoms with E-state index < -0.39 is 0 Å². The van der Waals surface area contributed by atoms with Crippen molar-refractivity contribution in [1.29, 1.82) is 0 Å². The molecule has 2 aromatic carbocycles. The van der Waals surface area contributed by atoms with E-state index in [2.05, 4.69) is 43.2 Å². The number of rotatable bonds is 3. The van der Waals surface area contributed by atoms with E-state index >= 15 is 0 Å². The molecule has 0 atom stereocenters. The first-order valence-corrected chi connectivity index (χ1v) is 7.43. The summed E-state index contributed by atoms with van der Waals surface area (Å²) in [5.74, 6) is -0.0883. The summed E-state index contributed by atoms with van der Waals surface area (Å²) in [4.78, 5) is 12.1. The summed E-state index contributed by atoms with van der Waals surface area (Å²) < 4.78 is 1.67. The first-order chi connectivity index (χ1) is 9.06. The van der Waals surface area contributed by atoms with Crippen molar-refractivity contribution in [1.82, 2.24) is 5.32 Å². The van der Waals surface area contributed by atoms with Crippen LogP contribution in [0.15, 0.2) is 51.4 Å². The molecule has 0 aliphatic carbocycles. The molecule has 0 heterocycles. The summed E-state index contributed by atoms with van der Waals surface area (Å²) in [5.41, 5.74) is 2.91. The van der Waals surface area contributed by atoms with Gasteiger partial charge in [0.2, 0.25) is 0 Å². The molecule has 2 nitrogen and oxygen atoms in total. The van der Waals surface area contributed by atoms with Crippen LogP contribution in [-0.2, 0) is 6.54 Å². The van der Waals surface area contributed by atoms with Crippen LogP contribution in [0.4, 0.5) is 0 Å². The molecule has 0 unspecified atom stereocenters. The van der Waals surface area contributed by atoms with Crippen LogP contribution < -0.4 is 5.32 Å². The van der Waals surface area contributed by atoms with Crippen LogP contribution in [0.3, 0.4) is 0 Å². The number of nitrogens with one attached hydrogen (secondary N) is 1. The van der Waals surface area contributed by atoms with E-state index in [1.54, 1.807) is 6.07 Å². The number of hydrogen-bond donors (Lipinski definition) is 1. The van der Waals surface area contributed by atoms with Gasteiger partial charge in [0.1, 0.15) is 0 Å². The normalized spacial score (nSPS) is 10.3. The molecule has 2 aromatic rings. The highest BCUT2D eigenvalue weighted by Crippen LogP contribution is 2.21. The van der Waals surface area contributed by atoms with E-state index in [0.717, 1.165) is 14.5 Å². The third kappa shape index (κ3) is 3.91. The van der Waals surface area contributed by atoms with Crippen molar-refractivity contribution in [2.45, 2.75) is 13.5 Å². The number of aryl methyl sites for hydroxylation is 1. The third-order valence-electron chi connectivity index (χ3n) is 2.71. The molecule has 19 heavy (non-hydrogen) atoms. The lowest BCUT2D eigenvalue weighted by Crippen LogP contribution is -2.23. The molecule has 98 valence electrons. The van der Waals surface area contributed by atoms with Gasteiger partial charge in [-0.05, 0) is 46.6 Å². The van der Waals surface area contributed by atoms with Crippen LogP contribution in [0.5, 0.6) is 0 Å². The molecule has 0 aliphatic rings. The molecule has 0 spiro atoms. The van der Waals surface area contributed by atoms with E-state index in [9.17, 15) is 4.79 Å². The molecule has 0 aliphatic heterocycles. The minimum Gasteiger partial charge on any atom is -0.348 e. The Balaban J connectivity index is 2.07. The number of carbonyl (C=O) groups is 1. The fraction of sp³-hybridized carbons (Fsp3) is 0.133. The summed E-state index contributed by atoms with van der Waals surface area (Å²) in [6, 6.07) is 13.6. The standard InChI is InChI=1S/C15H13Br2NO/c1-10-3-2-4-11(7-10)9-18-15(19)13-8-12(16)5-6-14(13)17/h2-8H,9H2,1H3,(H,18,19). The number of carbonyl (C=O) groups excluding carboxylic acids is 1. The average Bonchev–Trinajstić information content (AvgIpc) is 2.39. The topological polar surface area (TPSA) is 29.1 Å². The van der Waals surface area contributed by atoms with Crippen LogP contribution in [-0.4, -0.2) is 5.91 Å². The van der Waals surface area contributed by atoms with Gasteiger partial charge >= 0.3 is 0 Å². The number of hydrogen-bond acceptors (Lipinski definition) is 1. The summed E-state index contributed by atoms with van der Waals surface area (Å²) in [5, 5.41) is 2.92. The van der Waals surface area contributed by atoms with Gasteiger partial charge in [-0.25, -0.2) is 0 Å². The molecule has 0 saturated carbocycles. The second-order valence-corrected chi connectivity index (χ2v) is 6.07. The van der Waals surface area contributed by atoms with Crippen molar-refractivity contribution in [3.63, 3.8) is 0 Å². The van der Waals surface area contributed by atoms with Crippen molar-refractivity contribution in [2.24, 2.45) is 0 Å². The maximum absolute atomic E-state index is 12.1. The van der Waals surface area contributed by atoms with Gasteiger partial charge in [0.25, 0.3) is 5.91 Å². The molecular weight excluding hydrogens is 370 g/mol. The van der Waals surface area contributed by atoms with Gasteiger partial charge < -0.3 is 5.32 Å². The second kappa shape index (κ2) is 6.35. The first kappa shape index (κ1) is 14.3. The Hall–Kier alpha value is -1.13. The maximum atomic E-state index is 12.1. The highest BCUT2D eigenvalue weighted by Gasteiger charge is 2.10. The minimum absolute atomic E-state index is 0.0883. The average molecular weight is 383 g/mol. The van der Waals surface area contributed by atoms with Crippen molar-refractivity contribution >= 4 is 37.8 Å². The molecule has 0 fully saturated rings. The predicted molar refractivity (Wildman–Crippen MR) is 84.2 cm³/mol. The predicted octanol–water partition coefficient (Wildman–Crippen LogP) is 4.45. The summed E-state index contributed by atoms with van der Waals surface area (Å²) >= 11 is 6.76. The van der Waals surface area contributed by atoms with Crippen molar-refractivity contribution in [3.8, 4) is 0 Å². The lowest BCUT2D eigenvalue weighted by Gasteiger charge is -2.08. The highest BCUT2D eigenvalue weighted by molar-refractivity contribution is 9.11. The molecule has 4 heteroatoms. The zero-order valence-corrected chi connectivity index (χ0v) is 13.6. The Bertz CT molecular complexity index is 611. The van der Waals surface area contributed by atoms with E-state index in [-0.39, 0.29) is 5.91 Å². The van der Waals surface area contributed by atoms with E-state index in [0.29, 0.717) is 12.1 Å². The molecule has 2 rings (SSSR count). The quantitative estimate of drug-likeness (QED) is 0.834. The summed E-state index contributed by atoms with van der Waals surface area (Å²) in [6.45, 7) is 2.57. The van der Waals surface area contributed by atoms with Gasteiger partial charge in [0, 0.05) is 15.5 Å². The summed E-state index contributed by atoms with van der Waals surface area (Å²) in [7, 11) is 0. The van der Waals surface area contributed by atoms with E-state index in [1.165, 1.54) is 5.56 Å². The molecule has 0 radical (unpaired) electrons. The number of benzene rings is 2. The van der Waals surface area contributed by atoms with E-state index in [4.69, 9.17) is 0 Å². The lowest BCUT2D eigenvalue weighted by atomic mass is 10.1. The molecule has 0 aromatic heterocycles. The molecular formula is C15H13Br2NO. The maximum Gasteiger partial charge on any atom is 0.252 e. The monoisotopic (exact) mass is 381 g/mol. The van der Waals surface area contributed by atoms with Gasteiger partial charge in [-0.15, -0.1) is 0 Å². The largest absolute Gasteiger partial charge is 0.348 e. The molecule has 1 N–H and O–H groups in total. The number of amides is 1. The first-order valence-electron chi connectivity index (χ1n) is 5.85. The van der Waals surface area contributed by atoms with Crippen molar-refractivity contribution < 1.29 is 4.79 Å². The van der Waals surface area contributed by atoms with Crippen molar-refractivity contribution in [3.05, 3.63) is 68.1 Å². The van der Waals surface area contributed by atoms with Crippen LogP contribution in [0, 0.1) is 6.92 Å². The van der Waals surface area contributed by atoms with Crippen LogP contribution in [0.25, 0.3) is 0 Å². The van der Waals surface area contributed by atoms with Crippen molar-refractivity contribution in [2.75, 3.05) is 0 Å². The van der Waals surface area contributed by atoms with Crippen LogP contribution in [0.2, 0.25) is 0 Å². The van der Waals surface area contributed by atoms with Crippen LogP contribution in [0.1, 0.15) is 21.5 Å². The Morgan fingerprint density at radius 1 is 1.16 bits per heavy atom. The zero-order valence-electron chi connectivity index (χ0n) is 10.4. The summed E-state index contributed by atoms with van der Waals surface area (Å²) in [6.07, 6.45) is 0. The Morgan fingerprint density at radius 2 is 1.95 bits per heavy atom. The Morgan fingerprint density at radius 3 is 2.68 bits per heavy atom. The fourth-order valence-electron chi connectivity index (χ4n) is 1.77. The van der Waals surface area contributed by atoms with Crippen LogP contribution >= 0.6 is 31.9 Å². The lowest BCUT2D eigenvalue weighted by molar-refractivity contribution is 0.0950.